The van der Waals surface area contributed by atoms with Crippen LogP contribution < -0.4 is 9.44 Å². The van der Waals surface area contributed by atoms with Gasteiger partial charge in [-0.05, 0) is 24.3 Å². The van der Waals surface area contributed by atoms with Gasteiger partial charge in [-0.2, -0.15) is 5.26 Å². The lowest BCUT2D eigenvalue weighted by Gasteiger charge is -2.07. The van der Waals surface area contributed by atoms with Gasteiger partial charge in [-0.15, -0.1) is 0 Å². The minimum Gasteiger partial charge on any atom is -0.214 e. The first-order valence-electron chi connectivity index (χ1n) is 5.19. The van der Waals surface area contributed by atoms with E-state index < -0.39 is 20.0 Å². The molecule has 0 saturated heterocycles. The van der Waals surface area contributed by atoms with E-state index >= 15 is 0 Å². The maximum Gasteiger partial charge on any atom is 0.240 e. The van der Waals surface area contributed by atoms with Crippen molar-refractivity contribution in [2.45, 2.75) is 4.90 Å². The standard InChI is InChI=1S/C10H13N3O4S2/c1-18(14,15)12-6-7-13-19(16,17)10-4-2-9(8-11)3-5-10/h2-5,12-13H,6-7H2,1H3. The molecule has 0 unspecified atom stereocenters. The molecule has 1 aromatic carbocycles. The highest BCUT2D eigenvalue weighted by atomic mass is 32.2. The van der Waals surface area contributed by atoms with Crippen molar-refractivity contribution in [2.75, 3.05) is 19.3 Å². The van der Waals surface area contributed by atoms with Crippen LogP contribution in [0.4, 0.5) is 0 Å². The second kappa shape index (κ2) is 6.12. The van der Waals surface area contributed by atoms with Gasteiger partial charge in [0.2, 0.25) is 20.0 Å². The molecule has 0 aliphatic rings. The summed E-state index contributed by atoms with van der Waals surface area (Å²) in [5.41, 5.74) is 0.359. The van der Waals surface area contributed by atoms with E-state index in [-0.39, 0.29) is 18.0 Å². The van der Waals surface area contributed by atoms with Gasteiger partial charge in [0.05, 0.1) is 22.8 Å². The van der Waals surface area contributed by atoms with Crippen LogP contribution in [0.1, 0.15) is 5.56 Å². The van der Waals surface area contributed by atoms with Gasteiger partial charge in [0.1, 0.15) is 0 Å². The Morgan fingerprint density at radius 3 is 2.05 bits per heavy atom. The Bertz CT molecular complexity index is 672. The summed E-state index contributed by atoms with van der Waals surface area (Å²) in [6.07, 6.45) is 0.988. The first-order chi connectivity index (χ1) is 8.74. The molecule has 1 rings (SSSR count). The van der Waals surface area contributed by atoms with Gasteiger partial charge in [0.15, 0.2) is 0 Å². The van der Waals surface area contributed by atoms with Crippen LogP contribution in [0.25, 0.3) is 0 Å². The third kappa shape index (κ3) is 5.35. The van der Waals surface area contributed by atoms with Crippen LogP contribution in [0.5, 0.6) is 0 Å². The number of hydrogen-bond donors (Lipinski definition) is 2. The number of benzene rings is 1. The van der Waals surface area contributed by atoms with Crippen LogP contribution in [0.3, 0.4) is 0 Å². The lowest BCUT2D eigenvalue weighted by atomic mass is 10.2. The fraction of sp³-hybridized carbons (Fsp3) is 0.300. The summed E-state index contributed by atoms with van der Waals surface area (Å²) in [6.45, 7) is -0.0935. The van der Waals surface area contributed by atoms with Crippen molar-refractivity contribution in [1.29, 1.82) is 5.26 Å². The minimum atomic E-state index is -3.70. The van der Waals surface area contributed by atoms with Gasteiger partial charge < -0.3 is 0 Å². The zero-order chi connectivity index (χ0) is 14.5. The Labute approximate surface area is 112 Å². The second-order valence-electron chi connectivity index (χ2n) is 3.70. The SMILES string of the molecule is CS(=O)(=O)NCCNS(=O)(=O)c1ccc(C#N)cc1. The number of nitrogens with one attached hydrogen (secondary N) is 2. The zero-order valence-corrected chi connectivity index (χ0v) is 11.8. The monoisotopic (exact) mass is 303 g/mol. The van der Waals surface area contributed by atoms with E-state index in [4.69, 9.17) is 5.26 Å². The molecule has 0 bridgehead atoms. The van der Waals surface area contributed by atoms with Crippen molar-refractivity contribution in [1.82, 2.24) is 9.44 Å². The topological polar surface area (TPSA) is 116 Å². The predicted molar refractivity (Wildman–Crippen MR) is 69.2 cm³/mol. The lowest BCUT2D eigenvalue weighted by Crippen LogP contribution is -2.34. The predicted octanol–water partition coefficient (Wildman–Crippen LogP) is -0.614. The first kappa shape index (κ1) is 15.6. The lowest BCUT2D eigenvalue weighted by molar-refractivity contribution is 0.573. The molecule has 0 aliphatic heterocycles. The van der Waals surface area contributed by atoms with E-state index in [1.54, 1.807) is 0 Å². The van der Waals surface area contributed by atoms with E-state index in [0.29, 0.717) is 5.56 Å². The Balaban J connectivity index is 2.63. The Morgan fingerprint density at radius 2 is 1.58 bits per heavy atom. The van der Waals surface area contributed by atoms with Crippen LogP contribution in [0, 0.1) is 11.3 Å². The molecule has 0 saturated carbocycles. The van der Waals surface area contributed by atoms with Crippen molar-refractivity contribution >= 4 is 20.0 Å². The average molecular weight is 303 g/mol. The normalized spacial score (nSPS) is 12.0. The molecule has 104 valence electrons. The molecule has 2 N–H and O–H groups in total. The first-order valence-corrected chi connectivity index (χ1v) is 8.56. The Kier molecular flexibility index (Phi) is 5.02. The molecule has 0 heterocycles. The second-order valence-corrected chi connectivity index (χ2v) is 7.30. The number of rotatable bonds is 6. The van der Waals surface area contributed by atoms with Gasteiger partial charge in [0, 0.05) is 13.1 Å². The third-order valence-electron chi connectivity index (χ3n) is 2.08. The molecule has 0 fully saturated rings. The number of sulfonamides is 2. The van der Waals surface area contributed by atoms with Crippen LogP contribution in [-0.2, 0) is 20.0 Å². The molecular weight excluding hydrogens is 290 g/mol. The van der Waals surface area contributed by atoms with Crippen LogP contribution in [0.2, 0.25) is 0 Å². The van der Waals surface area contributed by atoms with Crippen LogP contribution >= 0.6 is 0 Å². The molecular formula is C10H13N3O4S2. The van der Waals surface area contributed by atoms with Crippen molar-refractivity contribution in [3.63, 3.8) is 0 Å². The van der Waals surface area contributed by atoms with Gasteiger partial charge in [0.25, 0.3) is 0 Å². The van der Waals surface area contributed by atoms with Gasteiger partial charge in [-0.3, -0.25) is 0 Å². The summed E-state index contributed by atoms with van der Waals surface area (Å²) in [6, 6.07) is 7.29. The molecule has 9 heteroatoms. The number of hydrogen-bond acceptors (Lipinski definition) is 5. The largest absolute Gasteiger partial charge is 0.240 e. The molecule has 0 atom stereocenters. The van der Waals surface area contributed by atoms with E-state index in [9.17, 15) is 16.8 Å². The zero-order valence-electron chi connectivity index (χ0n) is 10.1. The van der Waals surface area contributed by atoms with Gasteiger partial charge in [-0.1, -0.05) is 0 Å². The van der Waals surface area contributed by atoms with E-state index in [1.165, 1.54) is 24.3 Å². The summed E-state index contributed by atoms with van der Waals surface area (Å²) >= 11 is 0. The summed E-state index contributed by atoms with van der Waals surface area (Å²) < 4.78 is 49.5. The fourth-order valence-corrected chi connectivity index (χ4v) is 2.72. The maximum absolute atomic E-state index is 11.8. The van der Waals surface area contributed by atoms with Crippen molar-refractivity contribution < 1.29 is 16.8 Å². The highest BCUT2D eigenvalue weighted by Crippen LogP contribution is 2.09. The molecule has 0 amide bonds. The Hall–Kier alpha value is -1.47. The smallest absolute Gasteiger partial charge is 0.214 e. The maximum atomic E-state index is 11.8. The minimum absolute atomic E-state index is 0.0193. The Morgan fingerprint density at radius 1 is 1.05 bits per heavy atom. The van der Waals surface area contributed by atoms with Gasteiger partial charge >= 0.3 is 0 Å². The summed E-state index contributed by atoms with van der Waals surface area (Å²) in [4.78, 5) is 0.0193. The molecule has 0 aliphatic carbocycles. The molecule has 19 heavy (non-hydrogen) atoms. The van der Waals surface area contributed by atoms with Crippen molar-refractivity contribution in [2.24, 2.45) is 0 Å². The highest BCUT2D eigenvalue weighted by molar-refractivity contribution is 7.89. The average Bonchev–Trinajstić information content (AvgIpc) is 2.34. The van der Waals surface area contributed by atoms with E-state index in [0.717, 1.165) is 6.26 Å². The van der Waals surface area contributed by atoms with Crippen LogP contribution in [-0.4, -0.2) is 36.2 Å². The molecule has 0 aromatic heterocycles. The fourth-order valence-electron chi connectivity index (χ4n) is 1.21. The highest BCUT2D eigenvalue weighted by Gasteiger charge is 2.13. The summed E-state index contributed by atoms with van der Waals surface area (Å²) in [5.74, 6) is 0. The van der Waals surface area contributed by atoms with Crippen LogP contribution in [0.15, 0.2) is 29.2 Å². The molecule has 7 nitrogen and oxygen atoms in total. The number of nitrogens with zero attached hydrogens (tertiary/aromatic N) is 1. The quantitative estimate of drug-likeness (QED) is 0.680. The molecule has 0 radical (unpaired) electrons. The van der Waals surface area contributed by atoms with Crippen molar-refractivity contribution in [3.05, 3.63) is 29.8 Å². The van der Waals surface area contributed by atoms with Gasteiger partial charge in [-0.25, -0.2) is 26.3 Å². The molecule has 1 aromatic rings. The van der Waals surface area contributed by atoms with Crippen molar-refractivity contribution in [3.8, 4) is 6.07 Å². The number of nitriles is 1. The third-order valence-corrected chi connectivity index (χ3v) is 4.28. The molecule has 0 spiro atoms. The summed E-state index contributed by atoms with van der Waals surface area (Å²) in [5, 5.41) is 8.60. The summed E-state index contributed by atoms with van der Waals surface area (Å²) in [7, 11) is -7.03. The van der Waals surface area contributed by atoms with E-state index in [2.05, 4.69) is 9.44 Å². The van der Waals surface area contributed by atoms with E-state index in [1.807, 2.05) is 6.07 Å².